The molecule has 7 heteroatoms. The van der Waals surface area contributed by atoms with Crippen LogP contribution in [0.4, 0.5) is 18.9 Å². The lowest BCUT2D eigenvalue weighted by Gasteiger charge is -2.24. The van der Waals surface area contributed by atoms with Crippen LogP contribution in [0, 0.1) is 11.3 Å². The van der Waals surface area contributed by atoms with Crippen LogP contribution in [0.3, 0.4) is 0 Å². The first-order valence-electron chi connectivity index (χ1n) is 6.26. The smallest absolute Gasteiger partial charge is 0.417 e. The summed E-state index contributed by atoms with van der Waals surface area (Å²) in [5.41, 5.74) is -1.08. The Kier molecular flexibility index (Phi) is 5.59. The van der Waals surface area contributed by atoms with Gasteiger partial charge in [0.05, 0.1) is 30.7 Å². The molecular formula is C14H15F3N2O2. The number of nitriles is 1. The molecule has 0 atom stereocenters. The van der Waals surface area contributed by atoms with Crippen molar-refractivity contribution in [2.24, 2.45) is 0 Å². The third-order valence-corrected chi connectivity index (χ3v) is 2.99. The Morgan fingerprint density at radius 1 is 1.43 bits per heavy atom. The first kappa shape index (κ1) is 16.8. The second kappa shape index (κ2) is 6.97. The van der Waals surface area contributed by atoms with Gasteiger partial charge in [-0.25, -0.2) is 0 Å². The van der Waals surface area contributed by atoms with E-state index in [0.29, 0.717) is 12.2 Å². The summed E-state index contributed by atoms with van der Waals surface area (Å²) in [6, 6.07) is 5.04. The second-order valence-electron chi connectivity index (χ2n) is 4.25. The molecule has 0 aliphatic rings. The van der Waals surface area contributed by atoms with E-state index < -0.39 is 23.3 Å². The highest BCUT2D eigenvalue weighted by molar-refractivity contribution is 5.70. The van der Waals surface area contributed by atoms with E-state index in [1.807, 2.05) is 0 Å². The number of hydrogen-bond acceptors (Lipinski definition) is 4. The number of benzene rings is 1. The predicted octanol–water partition coefficient (Wildman–Crippen LogP) is 2.97. The maximum atomic E-state index is 12.9. The van der Waals surface area contributed by atoms with Crippen LogP contribution in [-0.4, -0.2) is 26.2 Å². The summed E-state index contributed by atoms with van der Waals surface area (Å²) < 4.78 is 43.2. The minimum atomic E-state index is -4.59. The molecule has 1 rings (SSSR count). The molecule has 0 aromatic heterocycles. The molecule has 0 heterocycles. The molecule has 0 fully saturated rings. The van der Waals surface area contributed by atoms with Gasteiger partial charge >= 0.3 is 12.1 Å². The zero-order chi connectivity index (χ0) is 16.0. The van der Waals surface area contributed by atoms with E-state index in [-0.39, 0.29) is 13.0 Å². The fraction of sp³-hybridized carbons (Fsp3) is 0.429. The van der Waals surface area contributed by atoms with E-state index in [2.05, 4.69) is 4.74 Å². The Hall–Kier alpha value is -2.23. The average Bonchev–Trinajstić information content (AvgIpc) is 2.46. The highest BCUT2D eigenvalue weighted by Gasteiger charge is 2.34. The van der Waals surface area contributed by atoms with Crippen LogP contribution < -0.4 is 4.90 Å². The maximum Gasteiger partial charge on any atom is 0.417 e. The number of carbonyl (C=O) groups excluding carboxylic acids is 1. The van der Waals surface area contributed by atoms with Crippen LogP contribution in [0.5, 0.6) is 0 Å². The van der Waals surface area contributed by atoms with E-state index in [4.69, 9.17) is 5.26 Å². The highest BCUT2D eigenvalue weighted by atomic mass is 19.4. The molecule has 0 amide bonds. The Morgan fingerprint density at radius 2 is 2.10 bits per heavy atom. The highest BCUT2D eigenvalue weighted by Crippen LogP contribution is 2.34. The molecule has 0 aliphatic heterocycles. The normalized spacial score (nSPS) is 10.9. The van der Waals surface area contributed by atoms with Crippen molar-refractivity contribution in [1.29, 1.82) is 5.26 Å². The van der Waals surface area contributed by atoms with Crippen molar-refractivity contribution in [3.05, 3.63) is 29.3 Å². The van der Waals surface area contributed by atoms with E-state index >= 15 is 0 Å². The molecule has 0 saturated carbocycles. The fourth-order valence-electron chi connectivity index (χ4n) is 1.86. The minimum absolute atomic E-state index is 0.0751. The van der Waals surface area contributed by atoms with Gasteiger partial charge in [0, 0.05) is 18.8 Å². The summed E-state index contributed by atoms with van der Waals surface area (Å²) in [7, 11) is 1.25. The van der Waals surface area contributed by atoms with Crippen molar-refractivity contribution in [3.63, 3.8) is 0 Å². The van der Waals surface area contributed by atoms with Gasteiger partial charge in [0.2, 0.25) is 0 Å². The van der Waals surface area contributed by atoms with Crippen molar-refractivity contribution < 1.29 is 22.7 Å². The summed E-state index contributed by atoms with van der Waals surface area (Å²) in [5, 5.41) is 8.75. The van der Waals surface area contributed by atoms with Gasteiger partial charge in [-0.15, -0.1) is 0 Å². The van der Waals surface area contributed by atoms with Crippen molar-refractivity contribution in [2.75, 3.05) is 25.1 Å². The minimum Gasteiger partial charge on any atom is -0.469 e. The second-order valence-corrected chi connectivity index (χ2v) is 4.25. The molecule has 0 radical (unpaired) electrons. The first-order valence-corrected chi connectivity index (χ1v) is 6.26. The third kappa shape index (κ3) is 4.38. The number of anilines is 1. The van der Waals surface area contributed by atoms with Crippen LogP contribution in [0.1, 0.15) is 24.5 Å². The van der Waals surface area contributed by atoms with Crippen LogP contribution in [0.15, 0.2) is 18.2 Å². The Labute approximate surface area is 120 Å². The number of hydrogen-bond donors (Lipinski definition) is 0. The zero-order valence-electron chi connectivity index (χ0n) is 11.7. The number of esters is 1. The van der Waals surface area contributed by atoms with Crippen molar-refractivity contribution in [2.45, 2.75) is 19.5 Å². The molecule has 0 N–H and O–H groups in total. The fourth-order valence-corrected chi connectivity index (χ4v) is 1.86. The zero-order valence-corrected chi connectivity index (χ0v) is 11.7. The van der Waals surface area contributed by atoms with Gasteiger partial charge in [0.25, 0.3) is 0 Å². The van der Waals surface area contributed by atoms with Gasteiger partial charge < -0.3 is 9.64 Å². The van der Waals surface area contributed by atoms with Gasteiger partial charge in [-0.1, -0.05) is 0 Å². The number of halogens is 3. The van der Waals surface area contributed by atoms with Gasteiger partial charge in [0.15, 0.2) is 0 Å². The molecule has 114 valence electrons. The third-order valence-electron chi connectivity index (χ3n) is 2.99. The molecule has 0 bridgehead atoms. The van der Waals surface area contributed by atoms with Crippen LogP contribution in [0.25, 0.3) is 0 Å². The standard InChI is InChI=1S/C14H15F3N2O2/c1-3-19(7-6-13(20)21-2)11-5-4-10(9-18)12(8-11)14(15,16)17/h4-5,8H,3,6-7H2,1-2H3. The number of methoxy groups -OCH3 is 1. The molecule has 0 saturated heterocycles. The van der Waals surface area contributed by atoms with E-state index in [0.717, 1.165) is 12.1 Å². The summed E-state index contributed by atoms with van der Waals surface area (Å²) in [6.07, 6.45) is -4.52. The molecule has 4 nitrogen and oxygen atoms in total. The number of carbonyl (C=O) groups is 1. The summed E-state index contributed by atoms with van der Waals surface area (Å²) in [6.45, 7) is 2.44. The van der Waals surface area contributed by atoms with Crippen molar-refractivity contribution in [3.8, 4) is 6.07 Å². The number of alkyl halides is 3. The van der Waals surface area contributed by atoms with Crippen molar-refractivity contribution in [1.82, 2.24) is 0 Å². The lowest BCUT2D eigenvalue weighted by Crippen LogP contribution is -2.26. The molecule has 0 unspecified atom stereocenters. The number of ether oxygens (including phenoxy) is 1. The maximum absolute atomic E-state index is 12.9. The SMILES string of the molecule is CCN(CCC(=O)OC)c1ccc(C#N)c(C(F)(F)F)c1. The van der Waals surface area contributed by atoms with E-state index in [9.17, 15) is 18.0 Å². The summed E-state index contributed by atoms with van der Waals surface area (Å²) in [5.74, 6) is -0.432. The molecule has 1 aromatic rings. The lowest BCUT2D eigenvalue weighted by molar-refractivity contribution is -0.140. The molecule has 1 aromatic carbocycles. The Balaban J connectivity index is 3.06. The largest absolute Gasteiger partial charge is 0.469 e. The van der Waals surface area contributed by atoms with Crippen LogP contribution in [0.2, 0.25) is 0 Å². The topological polar surface area (TPSA) is 53.3 Å². The summed E-state index contributed by atoms with van der Waals surface area (Å²) >= 11 is 0. The van der Waals surface area contributed by atoms with Gasteiger partial charge in [-0.3, -0.25) is 4.79 Å². The van der Waals surface area contributed by atoms with Crippen molar-refractivity contribution >= 4 is 11.7 Å². The van der Waals surface area contributed by atoms with Gasteiger partial charge in [-0.2, -0.15) is 18.4 Å². The average molecular weight is 300 g/mol. The van der Waals surface area contributed by atoms with Crippen LogP contribution >= 0.6 is 0 Å². The van der Waals surface area contributed by atoms with Gasteiger partial charge in [0.1, 0.15) is 0 Å². The van der Waals surface area contributed by atoms with Gasteiger partial charge in [-0.05, 0) is 25.1 Å². The lowest BCUT2D eigenvalue weighted by atomic mass is 10.1. The predicted molar refractivity (Wildman–Crippen MR) is 70.7 cm³/mol. The van der Waals surface area contributed by atoms with Crippen LogP contribution in [-0.2, 0) is 15.7 Å². The number of nitrogens with zero attached hydrogens (tertiary/aromatic N) is 2. The Morgan fingerprint density at radius 3 is 2.57 bits per heavy atom. The first-order chi connectivity index (χ1) is 9.83. The van der Waals surface area contributed by atoms with E-state index in [1.165, 1.54) is 19.2 Å². The van der Waals surface area contributed by atoms with E-state index in [1.54, 1.807) is 11.8 Å². The molecule has 0 spiro atoms. The molecule has 21 heavy (non-hydrogen) atoms. The monoisotopic (exact) mass is 300 g/mol. The summed E-state index contributed by atoms with van der Waals surface area (Å²) in [4.78, 5) is 12.7. The quantitative estimate of drug-likeness (QED) is 0.785. The molecular weight excluding hydrogens is 285 g/mol. The number of rotatable bonds is 5. The molecule has 0 aliphatic carbocycles. The Bertz CT molecular complexity index is 550.